The summed E-state index contributed by atoms with van der Waals surface area (Å²) in [5, 5.41) is 4.84. The van der Waals surface area contributed by atoms with Crippen LogP contribution in [0.5, 0.6) is 11.5 Å². The first-order chi connectivity index (χ1) is 14.7. The Morgan fingerprint density at radius 3 is 1.38 bits per heavy atom. The van der Waals surface area contributed by atoms with Gasteiger partial charge in [0.05, 0.1) is 0 Å². The molecular weight excluding hydrogens is 468 g/mol. The highest BCUT2D eigenvalue weighted by Crippen LogP contribution is 2.30. The summed E-state index contributed by atoms with van der Waals surface area (Å²) >= 11 is 0. The first-order valence-electron chi connectivity index (χ1n) is 8.57. The molecule has 12 nitrogen and oxygen atoms in total. The topological polar surface area (TPSA) is 185 Å². The van der Waals surface area contributed by atoms with Crippen molar-refractivity contribution in [2.75, 3.05) is 10.6 Å². The second kappa shape index (κ2) is 9.78. The second-order valence-electron chi connectivity index (χ2n) is 6.22. The first kappa shape index (κ1) is 24.8. The van der Waals surface area contributed by atoms with Gasteiger partial charge in [0, 0.05) is 48.5 Å². The summed E-state index contributed by atoms with van der Waals surface area (Å²) < 4.78 is 71.8. The third-order valence-corrected chi connectivity index (χ3v) is 4.28. The Hall–Kier alpha value is -3.46. The molecule has 0 fully saturated rings. The molecule has 0 aliphatic rings. The van der Waals surface area contributed by atoms with E-state index in [4.69, 9.17) is 9.11 Å². The van der Waals surface area contributed by atoms with Crippen LogP contribution in [0, 0.1) is 0 Å². The minimum atomic E-state index is -4.90. The van der Waals surface area contributed by atoms with Crippen molar-refractivity contribution in [2.45, 2.75) is 13.8 Å². The molecule has 0 unspecified atom stereocenters. The molecule has 2 aromatic rings. The van der Waals surface area contributed by atoms with Crippen molar-refractivity contribution >= 4 is 56.1 Å². The Labute approximate surface area is 183 Å². The van der Waals surface area contributed by atoms with E-state index in [9.17, 15) is 26.4 Å². The molecule has 0 aromatic heterocycles. The Kier molecular flexibility index (Phi) is 7.58. The molecule has 0 radical (unpaired) electrons. The van der Waals surface area contributed by atoms with Gasteiger partial charge in [-0.05, 0) is 24.3 Å². The van der Waals surface area contributed by atoms with E-state index < -0.39 is 32.6 Å². The highest BCUT2D eigenvalue weighted by Gasteiger charge is 2.14. The summed E-state index contributed by atoms with van der Waals surface area (Å²) in [6.45, 7) is 2.47. The van der Waals surface area contributed by atoms with Gasteiger partial charge in [0.25, 0.3) is 0 Å². The number of hydrogen-bond donors (Lipinski definition) is 4. The van der Waals surface area contributed by atoms with Gasteiger partial charge < -0.3 is 19.0 Å². The standard InChI is InChI=1S/C18H18N2O10S2/c1-11(21)19-15-7-5-13(17(9-15)29-31(23,24)25)3-4-14-6-8-16(20-12(2)22)10-18(14)30-32(26,27)28/h3-10H,1-2H3,(H,19,21)(H,20,22)(H,23,24,25)(H,26,27,28). The maximum Gasteiger partial charge on any atom is 0.446 e. The molecule has 0 spiro atoms. The van der Waals surface area contributed by atoms with Gasteiger partial charge in [-0.3, -0.25) is 18.7 Å². The molecule has 2 rings (SSSR count). The zero-order valence-electron chi connectivity index (χ0n) is 16.6. The molecule has 2 aromatic carbocycles. The fraction of sp³-hybridized carbons (Fsp3) is 0.111. The molecular formula is C18H18N2O10S2. The van der Waals surface area contributed by atoms with Crippen LogP contribution >= 0.6 is 0 Å². The number of amides is 2. The van der Waals surface area contributed by atoms with E-state index in [-0.39, 0.29) is 34.0 Å². The van der Waals surface area contributed by atoms with Crippen molar-refractivity contribution in [1.29, 1.82) is 0 Å². The van der Waals surface area contributed by atoms with Crippen LogP contribution in [0.2, 0.25) is 0 Å². The van der Waals surface area contributed by atoms with Gasteiger partial charge in [0.15, 0.2) is 11.5 Å². The second-order valence-corrected chi connectivity index (χ2v) is 8.27. The Balaban J connectivity index is 2.50. The quantitative estimate of drug-likeness (QED) is 0.318. The maximum atomic E-state index is 11.2. The number of carbonyl (C=O) groups excluding carboxylic acids is 2. The van der Waals surface area contributed by atoms with Gasteiger partial charge in [-0.1, -0.05) is 12.2 Å². The SMILES string of the molecule is CC(=O)Nc1ccc(C=Cc2ccc(NC(C)=O)cc2OS(=O)(=O)O)c(OS(=O)(=O)O)c1. The zero-order valence-corrected chi connectivity index (χ0v) is 18.2. The summed E-state index contributed by atoms with van der Waals surface area (Å²) in [4.78, 5) is 22.4. The van der Waals surface area contributed by atoms with E-state index in [2.05, 4.69) is 19.0 Å². The molecule has 0 aliphatic heterocycles. The minimum absolute atomic E-state index is 0.112. The van der Waals surface area contributed by atoms with Crippen LogP contribution in [0.3, 0.4) is 0 Å². The van der Waals surface area contributed by atoms with Crippen LogP contribution in [0.25, 0.3) is 12.2 Å². The molecule has 0 aliphatic carbocycles. The highest BCUT2D eigenvalue weighted by atomic mass is 32.3. The fourth-order valence-corrected chi connectivity index (χ4v) is 3.20. The van der Waals surface area contributed by atoms with Crippen LogP contribution < -0.4 is 19.0 Å². The lowest BCUT2D eigenvalue weighted by Crippen LogP contribution is -2.10. The Morgan fingerprint density at radius 2 is 1.09 bits per heavy atom. The number of rotatable bonds is 8. The average Bonchev–Trinajstić information content (AvgIpc) is 2.58. The van der Waals surface area contributed by atoms with Gasteiger partial charge in [0.1, 0.15) is 0 Å². The van der Waals surface area contributed by atoms with Gasteiger partial charge in [0.2, 0.25) is 11.8 Å². The van der Waals surface area contributed by atoms with Crippen molar-refractivity contribution in [1.82, 2.24) is 0 Å². The molecule has 0 bridgehead atoms. The predicted octanol–water partition coefficient (Wildman–Crippen LogP) is 2.14. The predicted molar refractivity (Wildman–Crippen MR) is 115 cm³/mol. The lowest BCUT2D eigenvalue weighted by Gasteiger charge is -2.10. The van der Waals surface area contributed by atoms with E-state index in [0.717, 1.165) is 12.1 Å². The number of anilines is 2. The molecule has 4 N–H and O–H groups in total. The van der Waals surface area contributed by atoms with Crippen molar-refractivity contribution in [3.63, 3.8) is 0 Å². The third-order valence-electron chi connectivity index (χ3n) is 3.50. The molecule has 0 saturated carbocycles. The summed E-state index contributed by atoms with van der Waals surface area (Å²) in [5.41, 5.74) is 0.590. The lowest BCUT2D eigenvalue weighted by atomic mass is 10.1. The average molecular weight is 486 g/mol. The Morgan fingerprint density at radius 1 is 0.750 bits per heavy atom. The largest absolute Gasteiger partial charge is 0.446 e. The molecule has 32 heavy (non-hydrogen) atoms. The first-order valence-corrected chi connectivity index (χ1v) is 11.3. The monoisotopic (exact) mass is 486 g/mol. The van der Waals surface area contributed by atoms with Gasteiger partial charge in [-0.25, -0.2) is 0 Å². The van der Waals surface area contributed by atoms with E-state index in [1.54, 1.807) is 0 Å². The van der Waals surface area contributed by atoms with Crippen molar-refractivity contribution in [3.05, 3.63) is 47.5 Å². The van der Waals surface area contributed by atoms with Crippen LogP contribution in [0.1, 0.15) is 25.0 Å². The summed E-state index contributed by atoms with van der Waals surface area (Å²) in [6, 6.07) is 7.85. The summed E-state index contributed by atoms with van der Waals surface area (Å²) in [7, 11) is -9.80. The van der Waals surface area contributed by atoms with E-state index in [0.29, 0.717) is 0 Å². The summed E-state index contributed by atoms with van der Waals surface area (Å²) in [6.07, 6.45) is 2.59. The van der Waals surface area contributed by atoms with Crippen LogP contribution in [-0.4, -0.2) is 37.8 Å². The maximum absolute atomic E-state index is 11.2. The normalized spacial score (nSPS) is 11.8. The van der Waals surface area contributed by atoms with Crippen LogP contribution in [0.4, 0.5) is 11.4 Å². The van der Waals surface area contributed by atoms with Crippen LogP contribution in [-0.2, 0) is 30.4 Å². The highest BCUT2D eigenvalue weighted by molar-refractivity contribution is 7.81. The Bertz CT molecular complexity index is 1190. The van der Waals surface area contributed by atoms with Crippen molar-refractivity contribution < 1.29 is 43.9 Å². The van der Waals surface area contributed by atoms with Gasteiger partial charge in [-0.2, -0.15) is 16.8 Å². The van der Waals surface area contributed by atoms with Crippen LogP contribution in [0.15, 0.2) is 36.4 Å². The van der Waals surface area contributed by atoms with Crippen molar-refractivity contribution in [2.24, 2.45) is 0 Å². The lowest BCUT2D eigenvalue weighted by molar-refractivity contribution is -0.115. The molecule has 0 saturated heterocycles. The minimum Gasteiger partial charge on any atom is -0.361 e. The molecule has 0 heterocycles. The number of hydrogen-bond acceptors (Lipinski definition) is 8. The number of benzene rings is 2. The van der Waals surface area contributed by atoms with E-state index in [1.807, 2.05) is 0 Å². The molecule has 0 atom stereocenters. The number of nitrogens with one attached hydrogen (secondary N) is 2. The smallest absolute Gasteiger partial charge is 0.361 e. The third kappa shape index (κ3) is 8.35. The van der Waals surface area contributed by atoms with Gasteiger partial charge >= 0.3 is 20.8 Å². The molecule has 172 valence electrons. The van der Waals surface area contributed by atoms with Gasteiger partial charge in [-0.15, -0.1) is 0 Å². The fourth-order valence-electron chi connectivity index (χ4n) is 2.46. The summed E-state index contributed by atoms with van der Waals surface area (Å²) in [5.74, 6) is -1.56. The zero-order chi connectivity index (χ0) is 24.1. The molecule has 14 heteroatoms. The van der Waals surface area contributed by atoms with E-state index >= 15 is 0 Å². The number of carbonyl (C=O) groups is 2. The van der Waals surface area contributed by atoms with E-state index in [1.165, 1.54) is 50.3 Å². The van der Waals surface area contributed by atoms with Crippen molar-refractivity contribution in [3.8, 4) is 11.5 Å². The molecule has 2 amide bonds.